The number of halogens is 1. The smallest absolute Gasteiger partial charge is 0.128 e. The molecule has 2 aromatic heterocycles. The highest BCUT2D eigenvalue weighted by Crippen LogP contribution is 2.26. The molecule has 0 aliphatic rings. The zero-order valence-electron chi connectivity index (χ0n) is 10.8. The Hall–Kier alpha value is -1.39. The van der Waals surface area contributed by atoms with E-state index in [0.29, 0.717) is 0 Å². The van der Waals surface area contributed by atoms with Crippen molar-refractivity contribution in [2.24, 2.45) is 0 Å². The molecule has 0 radical (unpaired) electrons. The molecular formula is C14H14ClN3S. The SMILES string of the molecule is Cc1ccc2nc(C(C)Cl)n(Cc3cscn3)c2c1. The fourth-order valence-electron chi connectivity index (χ4n) is 2.20. The van der Waals surface area contributed by atoms with Gasteiger partial charge >= 0.3 is 0 Å². The van der Waals surface area contributed by atoms with Crippen LogP contribution in [-0.4, -0.2) is 14.5 Å². The predicted octanol–water partition coefficient (Wildman–Crippen LogP) is 4.15. The van der Waals surface area contributed by atoms with Gasteiger partial charge in [0, 0.05) is 5.38 Å². The molecule has 0 N–H and O–H groups in total. The highest BCUT2D eigenvalue weighted by atomic mass is 35.5. The Balaban J connectivity index is 2.18. The van der Waals surface area contributed by atoms with Crippen molar-refractivity contribution in [3.63, 3.8) is 0 Å². The van der Waals surface area contributed by atoms with Crippen LogP contribution in [0.5, 0.6) is 0 Å². The molecule has 19 heavy (non-hydrogen) atoms. The van der Waals surface area contributed by atoms with Crippen molar-refractivity contribution in [1.82, 2.24) is 14.5 Å². The number of alkyl halides is 1. The Bertz CT molecular complexity index is 701. The fourth-order valence-corrected chi connectivity index (χ4v) is 2.92. The Morgan fingerprint density at radius 2 is 2.26 bits per heavy atom. The van der Waals surface area contributed by atoms with Gasteiger partial charge in [-0.2, -0.15) is 0 Å². The topological polar surface area (TPSA) is 30.7 Å². The van der Waals surface area contributed by atoms with E-state index in [-0.39, 0.29) is 5.38 Å². The number of imidazole rings is 1. The van der Waals surface area contributed by atoms with Crippen molar-refractivity contribution < 1.29 is 0 Å². The monoisotopic (exact) mass is 291 g/mol. The lowest BCUT2D eigenvalue weighted by atomic mass is 10.2. The van der Waals surface area contributed by atoms with Crippen LogP contribution in [0.3, 0.4) is 0 Å². The molecule has 0 amide bonds. The number of nitrogens with zero attached hydrogens (tertiary/aromatic N) is 3. The quantitative estimate of drug-likeness (QED) is 0.679. The van der Waals surface area contributed by atoms with Crippen LogP contribution in [0.25, 0.3) is 11.0 Å². The van der Waals surface area contributed by atoms with Crippen LogP contribution in [-0.2, 0) is 6.54 Å². The number of rotatable bonds is 3. The summed E-state index contributed by atoms with van der Waals surface area (Å²) in [6.07, 6.45) is 0. The van der Waals surface area contributed by atoms with Gasteiger partial charge in [-0.1, -0.05) is 6.07 Å². The van der Waals surface area contributed by atoms with Crippen molar-refractivity contribution in [2.75, 3.05) is 0 Å². The van der Waals surface area contributed by atoms with Crippen LogP contribution < -0.4 is 0 Å². The fraction of sp³-hybridized carbons (Fsp3) is 0.286. The van der Waals surface area contributed by atoms with Crippen molar-refractivity contribution in [1.29, 1.82) is 0 Å². The van der Waals surface area contributed by atoms with E-state index in [1.54, 1.807) is 11.3 Å². The summed E-state index contributed by atoms with van der Waals surface area (Å²) in [6.45, 7) is 4.76. The zero-order chi connectivity index (χ0) is 13.4. The van der Waals surface area contributed by atoms with Crippen LogP contribution in [0.2, 0.25) is 0 Å². The number of hydrogen-bond acceptors (Lipinski definition) is 3. The Kier molecular flexibility index (Phi) is 3.29. The van der Waals surface area contributed by atoms with E-state index in [0.717, 1.165) is 29.1 Å². The second kappa shape index (κ2) is 4.94. The second-order valence-corrected chi connectivity index (χ2v) is 6.02. The van der Waals surface area contributed by atoms with Crippen LogP contribution in [0.4, 0.5) is 0 Å². The average molecular weight is 292 g/mol. The van der Waals surface area contributed by atoms with Crippen molar-refractivity contribution in [2.45, 2.75) is 25.8 Å². The standard InChI is InChI=1S/C14H14ClN3S/c1-9-3-4-12-13(5-9)18(14(17-12)10(2)15)6-11-7-19-8-16-11/h3-5,7-8,10H,6H2,1-2H3. The van der Waals surface area contributed by atoms with E-state index in [4.69, 9.17) is 11.6 Å². The third-order valence-electron chi connectivity index (χ3n) is 3.09. The van der Waals surface area contributed by atoms with Gasteiger partial charge in [0.15, 0.2) is 0 Å². The molecule has 0 spiro atoms. The normalized spacial score (nSPS) is 13.0. The molecule has 98 valence electrons. The number of hydrogen-bond donors (Lipinski definition) is 0. The molecule has 3 rings (SSSR count). The zero-order valence-corrected chi connectivity index (χ0v) is 12.4. The van der Waals surface area contributed by atoms with Gasteiger partial charge in [0.25, 0.3) is 0 Å². The maximum absolute atomic E-state index is 6.26. The first-order valence-corrected chi connectivity index (χ1v) is 7.51. The van der Waals surface area contributed by atoms with Gasteiger partial charge in [-0.3, -0.25) is 0 Å². The van der Waals surface area contributed by atoms with Crippen molar-refractivity contribution >= 4 is 34.0 Å². The number of thiazole rings is 1. The maximum Gasteiger partial charge on any atom is 0.128 e. The van der Waals surface area contributed by atoms with Crippen molar-refractivity contribution in [3.05, 3.63) is 46.2 Å². The molecule has 0 bridgehead atoms. The van der Waals surface area contributed by atoms with Crippen molar-refractivity contribution in [3.8, 4) is 0 Å². The molecule has 0 fully saturated rings. The van der Waals surface area contributed by atoms with Crippen LogP contribution in [0.1, 0.15) is 29.4 Å². The molecular weight excluding hydrogens is 278 g/mol. The molecule has 0 saturated carbocycles. The largest absolute Gasteiger partial charge is 0.321 e. The molecule has 5 heteroatoms. The molecule has 3 nitrogen and oxygen atoms in total. The molecule has 3 aromatic rings. The molecule has 0 aliphatic heterocycles. The number of benzene rings is 1. The van der Waals surface area contributed by atoms with E-state index >= 15 is 0 Å². The Morgan fingerprint density at radius 1 is 1.42 bits per heavy atom. The van der Waals surface area contributed by atoms with Gasteiger partial charge in [0.1, 0.15) is 5.82 Å². The van der Waals surface area contributed by atoms with E-state index in [1.807, 2.05) is 18.5 Å². The minimum Gasteiger partial charge on any atom is -0.321 e. The summed E-state index contributed by atoms with van der Waals surface area (Å²) in [5.74, 6) is 0.898. The van der Waals surface area contributed by atoms with E-state index < -0.39 is 0 Å². The number of fused-ring (bicyclic) bond motifs is 1. The van der Waals surface area contributed by atoms with Gasteiger partial charge in [-0.15, -0.1) is 22.9 Å². The maximum atomic E-state index is 6.26. The van der Waals surface area contributed by atoms with Gasteiger partial charge in [0.2, 0.25) is 0 Å². The van der Waals surface area contributed by atoms with E-state index in [1.165, 1.54) is 5.56 Å². The lowest BCUT2D eigenvalue weighted by Crippen LogP contribution is -2.06. The van der Waals surface area contributed by atoms with Crippen LogP contribution in [0, 0.1) is 6.92 Å². The Labute approximate surface area is 120 Å². The minimum absolute atomic E-state index is 0.119. The summed E-state index contributed by atoms with van der Waals surface area (Å²) in [5, 5.41) is 1.94. The van der Waals surface area contributed by atoms with Gasteiger partial charge < -0.3 is 4.57 Å². The minimum atomic E-state index is -0.119. The van der Waals surface area contributed by atoms with Gasteiger partial charge in [-0.25, -0.2) is 9.97 Å². The molecule has 0 aliphatic carbocycles. The summed E-state index contributed by atoms with van der Waals surface area (Å²) in [7, 11) is 0. The van der Waals surface area contributed by atoms with Gasteiger partial charge in [-0.05, 0) is 31.5 Å². The molecule has 0 saturated heterocycles. The second-order valence-electron chi connectivity index (χ2n) is 4.64. The number of aryl methyl sites for hydroxylation is 1. The summed E-state index contributed by atoms with van der Waals surface area (Å²) in [4.78, 5) is 8.99. The average Bonchev–Trinajstić information content (AvgIpc) is 2.98. The first-order valence-electron chi connectivity index (χ1n) is 6.13. The summed E-state index contributed by atoms with van der Waals surface area (Å²) in [5.41, 5.74) is 6.23. The molecule has 2 heterocycles. The predicted molar refractivity (Wildman–Crippen MR) is 80.0 cm³/mol. The first-order chi connectivity index (χ1) is 9.15. The summed E-state index contributed by atoms with van der Waals surface area (Å²) >= 11 is 7.86. The first kappa shape index (κ1) is 12.6. The van der Waals surface area contributed by atoms with Gasteiger partial charge in [0.05, 0.1) is 34.2 Å². The summed E-state index contributed by atoms with van der Waals surface area (Å²) < 4.78 is 2.16. The third kappa shape index (κ3) is 2.38. The lowest BCUT2D eigenvalue weighted by Gasteiger charge is -2.09. The highest BCUT2D eigenvalue weighted by Gasteiger charge is 2.15. The Morgan fingerprint density at radius 3 is 2.95 bits per heavy atom. The third-order valence-corrected chi connectivity index (χ3v) is 3.92. The molecule has 1 atom stereocenters. The summed E-state index contributed by atoms with van der Waals surface area (Å²) in [6, 6.07) is 6.27. The van der Waals surface area contributed by atoms with E-state index in [2.05, 4.69) is 39.0 Å². The molecule has 1 unspecified atom stereocenters. The van der Waals surface area contributed by atoms with Crippen LogP contribution >= 0.6 is 22.9 Å². The van der Waals surface area contributed by atoms with Crippen LogP contribution in [0.15, 0.2) is 29.1 Å². The lowest BCUT2D eigenvalue weighted by molar-refractivity contribution is 0.731. The van der Waals surface area contributed by atoms with E-state index in [9.17, 15) is 0 Å². The highest BCUT2D eigenvalue weighted by molar-refractivity contribution is 7.07. The number of aromatic nitrogens is 3. The molecule has 1 aromatic carbocycles.